The number of rotatable bonds is 6. The van der Waals surface area contributed by atoms with Gasteiger partial charge in [0.1, 0.15) is 11.9 Å². The molecular weight excluding hydrogens is 244 g/mol. The monoisotopic (exact) mass is 264 g/mol. The Morgan fingerprint density at radius 3 is 2.89 bits per heavy atom. The second-order valence-corrected chi connectivity index (χ2v) is 5.44. The number of aromatic nitrogens is 2. The van der Waals surface area contributed by atoms with Gasteiger partial charge in [-0.15, -0.1) is 11.3 Å². The molecule has 0 amide bonds. The summed E-state index contributed by atoms with van der Waals surface area (Å²) < 4.78 is 2.16. The van der Waals surface area contributed by atoms with E-state index >= 15 is 0 Å². The van der Waals surface area contributed by atoms with Gasteiger partial charge in [0.05, 0.1) is 0 Å². The summed E-state index contributed by atoms with van der Waals surface area (Å²) in [7, 11) is 0. The Balaban J connectivity index is 2.29. The van der Waals surface area contributed by atoms with Crippen LogP contribution in [0.5, 0.6) is 0 Å². The van der Waals surface area contributed by atoms with Crippen LogP contribution in [0, 0.1) is 0 Å². The van der Waals surface area contributed by atoms with E-state index < -0.39 is 0 Å². The maximum absolute atomic E-state index is 5.72. The van der Waals surface area contributed by atoms with Crippen LogP contribution in [0.4, 0.5) is 0 Å². The second kappa shape index (κ2) is 6.13. The molecule has 0 spiro atoms. The summed E-state index contributed by atoms with van der Waals surface area (Å²) >= 11 is 1.79. The van der Waals surface area contributed by atoms with Crippen molar-refractivity contribution in [3.63, 3.8) is 0 Å². The average molecular weight is 264 g/mol. The molecule has 2 heterocycles. The Labute approximate surface area is 112 Å². The molecule has 18 heavy (non-hydrogen) atoms. The highest BCUT2D eigenvalue weighted by atomic mass is 32.1. The van der Waals surface area contributed by atoms with Crippen LogP contribution in [0.15, 0.2) is 24.5 Å². The van der Waals surface area contributed by atoms with Gasteiger partial charge in [-0.1, -0.05) is 13.8 Å². The molecule has 5 heteroatoms. The van der Waals surface area contributed by atoms with Crippen LogP contribution in [-0.4, -0.2) is 9.55 Å². The molecule has 0 saturated carbocycles. The Hall–Kier alpha value is -1.17. The summed E-state index contributed by atoms with van der Waals surface area (Å²) in [5, 5.41) is 0. The van der Waals surface area contributed by atoms with Gasteiger partial charge in [0.2, 0.25) is 0 Å². The lowest BCUT2D eigenvalue weighted by molar-refractivity contribution is 0.551. The highest BCUT2D eigenvalue weighted by Gasteiger charge is 2.19. The topological polar surface area (TPSA) is 55.9 Å². The molecular formula is C13H20N4S. The molecule has 2 aromatic rings. The summed E-state index contributed by atoms with van der Waals surface area (Å²) in [6, 6.07) is 4.29. The molecule has 0 saturated heterocycles. The standard InChI is InChI=1S/C13H20N4S/c1-3-8-17-9-7-15-13(17)12(16-14)11-6-5-10(4-2)18-11/h5-7,9,12,16H,3-4,8,14H2,1-2H3. The summed E-state index contributed by atoms with van der Waals surface area (Å²) in [6.45, 7) is 5.30. The van der Waals surface area contributed by atoms with E-state index in [0.29, 0.717) is 0 Å². The Morgan fingerprint density at radius 1 is 1.44 bits per heavy atom. The molecule has 3 N–H and O–H groups in total. The third-order valence-corrected chi connectivity index (χ3v) is 4.25. The number of hydrazine groups is 1. The van der Waals surface area contributed by atoms with Crippen molar-refractivity contribution in [2.75, 3.05) is 0 Å². The zero-order chi connectivity index (χ0) is 13.0. The summed E-state index contributed by atoms with van der Waals surface area (Å²) in [6.07, 6.45) is 6.00. The van der Waals surface area contributed by atoms with Crippen molar-refractivity contribution in [1.29, 1.82) is 0 Å². The molecule has 0 aliphatic rings. The van der Waals surface area contributed by atoms with Gasteiger partial charge >= 0.3 is 0 Å². The lowest BCUT2D eigenvalue weighted by Gasteiger charge is -2.15. The maximum atomic E-state index is 5.72. The highest BCUT2D eigenvalue weighted by Crippen LogP contribution is 2.27. The Kier molecular flexibility index (Phi) is 4.52. The van der Waals surface area contributed by atoms with Crippen LogP contribution in [0.1, 0.15) is 41.9 Å². The zero-order valence-corrected chi connectivity index (χ0v) is 11.7. The number of imidazole rings is 1. The number of nitrogens with zero attached hydrogens (tertiary/aromatic N) is 2. The fraction of sp³-hybridized carbons (Fsp3) is 0.462. The van der Waals surface area contributed by atoms with E-state index in [-0.39, 0.29) is 6.04 Å². The quantitative estimate of drug-likeness (QED) is 0.622. The van der Waals surface area contributed by atoms with Crippen molar-refractivity contribution in [1.82, 2.24) is 15.0 Å². The predicted molar refractivity (Wildman–Crippen MR) is 75.4 cm³/mol. The van der Waals surface area contributed by atoms with Crippen LogP contribution in [0.3, 0.4) is 0 Å². The number of nitrogens with one attached hydrogen (secondary N) is 1. The minimum Gasteiger partial charge on any atom is -0.333 e. The molecule has 1 atom stereocenters. The molecule has 0 aliphatic heterocycles. The van der Waals surface area contributed by atoms with Gasteiger partial charge in [-0.2, -0.15) is 0 Å². The Bertz CT molecular complexity index is 489. The van der Waals surface area contributed by atoms with E-state index in [1.165, 1.54) is 9.75 Å². The van der Waals surface area contributed by atoms with Gasteiger partial charge < -0.3 is 4.57 Å². The van der Waals surface area contributed by atoms with E-state index in [2.05, 4.69) is 41.0 Å². The molecule has 1 unspecified atom stereocenters. The van der Waals surface area contributed by atoms with Gasteiger partial charge in [0.15, 0.2) is 0 Å². The van der Waals surface area contributed by atoms with Crippen molar-refractivity contribution in [2.45, 2.75) is 39.3 Å². The molecule has 0 aromatic carbocycles. The third kappa shape index (κ3) is 2.63. The Morgan fingerprint density at radius 2 is 2.28 bits per heavy atom. The second-order valence-electron chi connectivity index (χ2n) is 4.24. The first kappa shape index (κ1) is 13.3. The molecule has 2 aromatic heterocycles. The predicted octanol–water partition coefficient (Wildman–Crippen LogP) is 2.47. The fourth-order valence-electron chi connectivity index (χ4n) is 2.03. The first-order valence-electron chi connectivity index (χ1n) is 6.35. The lowest BCUT2D eigenvalue weighted by Crippen LogP contribution is -2.30. The minimum absolute atomic E-state index is 0.0168. The van der Waals surface area contributed by atoms with Crippen LogP contribution >= 0.6 is 11.3 Å². The number of thiophene rings is 1. The summed E-state index contributed by atoms with van der Waals surface area (Å²) in [5.74, 6) is 6.70. The van der Waals surface area contributed by atoms with E-state index in [0.717, 1.165) is 25.2 Å². The largest absolute Gasteiger partial charge is 0.333 e. The minimum atomic E-state index is -0.0168. The lowest BCUT2D eigenvalue weighted by atomic mass is 10.2. The van der Waals surface area contributed by atoms with E-state index in [1.54, 1.807) is 11.3 Å². The van der Waals surface area contributed by atoms with E-state index in [4.69, 9.17) is 5.84 Å². The molecule has 0 radical (unpaired) electrons. The van der Waals surface area contributed by atoms with Crippen molar-refractivity contribution < 1.29 is 0 Å². The van der Waals surface area contributed by atoms with Gasteiger partial charge in [0, 0.05) is 28.7 Å². The van der Waals surface area contributed by atoms with Crippen LogP contribution in [0.25, 0.3) is 0 Å². The van der Waals surface area contributed by atoms with Gasteiger partial charge in [-0.05, 0) is 25.0 Å². The molecule has 4 nitrogen and oxygen atoms in total. The number of aryl methyl sites for hydroxylation is 2. The van der Waals surface area contributed by atoms with Gasteiger partial charge in [0.25, 0.3) is 0 Å². The summed E-state index contributed by atoms with van der Waals surface area (Å²) in [5.41, 5.74) is 2.88. The van der Waals surface area contributed by atoms with Crippen LogP contribution in [-0.2, 0) is 13.0 Å². The molecule has 0 bridgehead atoms. The highest BCUT2D eigenvalue weighted by molar-refractivity contribution is 7.12. The van der Waals surface area contributed by atoms with E-state index in [1.807, 2.05) is 12.4 Å². The van der Waals surface area contributed by atoms with Crippen molar-refractivity contribution in [2.24, 2.45) is 5.84 Å². The van der Waals surface area contributed by atoms with Crippen molar-refractivity contribution in [3.05, 3.63) is 40.1 Å². The number of nitrogens with two attached hydrogens (primary N) is 1. The number of hydrogen-bond acceptors (Lipinski definition) is 4. The van der Waals surface area contributed by atoms with Gasteiger partial charge in [-0.25, -0.2) is 10.4 Å². The van der Waals surface area contributed by atoms with Crippen LogP contribution < -0.4 is 11.3 Å². The molecule has 0 fully saturated rings. The molecule has 2 rings (SSSR count). The van der Waals surface area contributed by atoms with Crippen LogP contribution in [0.2, 0.25) is 0 Å². The maximum Gasteiger partial charge on any atom is 0.132 e. The molecule has 0 aliphatic carbocycles. The van der Waals surface area contributed by atoms with Crippen molar-refractivity contribution in [3.8, 4) is 0 Å². The van der Waals surface area contributed by atoms with Gasteiger partial charge in [-0.3, -0.25) is 5.84 Å². The first-order chi connectivity index (χ1) is 8.80. The average Bonchev–Trinajstić information content (AvgIpc) is 3.01. The SMILES string of the molecule is CCCn1ccnc1C(NN)c1ccc(CC)s1. The first-order valence-corrected chi connectivity index (χ1v) is 7.17. The zero-order valence-electron chi connectivity index (χ0n) is 10.9. The fourth-order valence-corrected chi connectivity index (χ4v) is 3.05. The van der Waals surface area contributed by atoms with E-state index in [9.17, 15) is 0 Å². The van der Waals surface area contributed by atoms with Crippen molar-refractivity contribution >= 4 is 11.3 Å². The summed E-state index contributed by atoms with van der Waals surface area (Å²) in [4.78, 5) is 7.04. The normalized spacial score (nSPS) is 12.8. The third-order valence-electron chi connectivity index (χ3n) is 2.95. The molecule has 98 valence electrons. The smallest absolute Gasteiger partial charge is 0.132 e. The number of hydrogen-bond donors (Lipinski definition) is 2.